The molecule has 1 N–H and O–H groups in total. The Kier molecular flexibility index (Phi) is 6.43. The highest BCUT2D eigenvalue weighted by Crippen LogP contribution is 2.24. The van der Waals surface area contributed by atoms with Crippen LogP contribution in [0.3, 0.4) is 0 Å². The van der Waals surface area contributed by atoms with Crippen molar-refractivity contribution >= 4 is 0 Å². The van der Waals surface area contributed by atoms with Crippen LogP contribution in [0.4, 0.5) is 0 Å². The SMILES string of the molecule is CC(CCNC(C)C)CCC(C)(C)C. The first kappa shape index (κ1) is 14.0. The van der Waals surface area contributed by atoms with Gasteiger partial charge in [-0.2, -0.15) is 0 Å². The third-order valence-electron chi connectivity index (χ3n) is 2.58. The number of nitrogens with one attached hydrogen (secondary N) is 1. The van der Waals surface area contributed by atoms with E-state index >= 15 is 0 Å². The van der Waals surface area contributed by atoms with Gasteiger partial charge in [0.2, 0.25) is 0 Å². The normalized spacial score (nSPS) is 14.8. The van der Waals surface area contributed by atoms with Gasteiger partial charge in [0.15, 0.2) is 0 Å². The van der Waals surface area contributed by atoms with Gasteiger partial charge in [0, 0.05) is 6.04 Å². The molecule has 0 saturated heterocycles. The average Bonchev–Trinajstić information content (AvgIpc) is 1.99. The Morgan fingerprint density at radius 2 is 1.57 bits per heavy atom. The molecule has 0 aromatic rings. The van der Waals surface area contributed by atoms with E-state index in [9.17, 15) is 0 Å². The summed E-state index contributed by atoms with van der Waals surface area (Å²) in [6.07, 6.45) is 4.02. The lowest BCUT2D eigenvalue weighted by molar-refractivity contribution is 0.320. The van der Waals surface area contributed by atoms with Gasteiger partial charge in [0.25, 0.3) is 0 Å². The van der Waals surface area contributed by atoms with Gasteiger partial charge in [0.05, 0.1) is 0 Å². The highest BCUT2D eigenvalue weighted by Gasteiger charge is 2.12. The molecule has 0 aliphatic rings. The Labute approximate surface area is 90.7 Å². The second-order valence-corrected chi connectivity index (χ2v) is 6.10. The lowest BCUT2D eigenvalue weighted by Gasteiger charge is -2.21. The van der Waals surface area contributed by atoms with Crippen LogP contribution in [0.1, 0.15) is 60.8 Å². The fraction of sp³-hybridized carbons (Fsp3) is 1.00. The van der Waals surface area contributed by atoms with Gasteiger partial charge in [-0.05, 0) is 30.7 Å². The largest absolute Gasteiger partial charge is 0.315 e. The smallest absolute Gasteiger partial charge is 0.00103 e. The van der Waals surface area contributed by atoms with E-state index in [1.807, 2.05) is 0 Å². The van der Waals surface area contributed by atoms with Gasteiger partial charge in [-0.3, -0.25) is 0 Å². The van der Waals surface area contributed by atoms with Crippen LogP contribution in [0.25, 0.3) is 0 Å². The van der Waals surface area contributed by atoms with Crippen LogP contribution in [0.2, 0.25) is 0 Å². The van der Waals surface area contributed by atoms with Gasteiger partial charge in [-0.1, -0.05) is 48.0 Å². The predicted octanol–water partition coefficient (Wildman–Crippen LogP) is 3.84. The van der Waals surface area contributed by atoms with Crippen molar-refractivity contribution in [2.45, 2.75) is 66.8 Å². The van der Waals surface area contributed by atoms with E-state index in [0.717, 1.165) is 5.92 Å². The molecular formula is C13H29N. The van der Waals surface area contributed by atoms with E-state index in [1.54, 1.807) is 0 Å². The highest BCUT2D eigenvalue weighted by molar-refractivity contribution is 4.65. The highest BCUT2D eigenvalue weighted by atomic mass is 14.9. The lowest BCUT2D eigenvalue weighted by atomic mass is 9.86. The van der Waals surface area contributed by atoms with Crippen LogP contribution in [-0.4, -0.2) is 12.6 Å². The van der Waals surface area contributed by atoms with Crippen LogP contribution in [0.5, 0.6) is 0 Å². The maximum absolute atomic E-state index is 3.47. The topological polar surface area (TPSA) is 12.0 Å². The number of hydrogen-bond donors (Lipinski definition) is 1. The zero-order chi connectivity index (χ0) is 11.2. The minimum absolute atomic E-state index is 0.500. The number of rotatable bonds is 6. The minimum Gasteiger partial charge on any atom is -0.315 e. The molecule has 1 unspecified atom stereocenters. The minimum atomic E-state index is 0.500. The second-order valence-electron chi connectivity index (χ2n) is 6.10. The molecule has 0 radical (unpaired) electrons. The Balaban J connectivity index is 3.42. The first-order valence-corrected chi connectivity index (χ1v) is 6.04. The zero-order valence-electron chi connectivity index (χ0n) is 11.0. The van der Waals surface area contributed by atoms with Gasteiger partial charge >= 0.3 is 0 Å². The Bertz CT molecular complexity index is 133. The summed E-state index contributed by atoms with van der Waals surface area (Å²) in [6.45, 7) is 14.9. The van der Waals surface area contributed by atoms with Gasteiger partial charge in [-0.25, -0.2) is 0 Å². The molecule has 1 heteroatoms. The number of hydrogen-bond acceptors (Lipinski definition) is 1. The summed E-state index contributed by atoms with van der Waals surface area (Å²) in [5.41, 5.74) is 0.500. The molecule has 0 aliphatic heterocycles. The fourth-order valence-corrected chi connectivity index (χ4v) is 1.44. The molecular weight excluding hydrogens is 170 g/mol. The molecule has 1 atom stereocenters. The zero-order valence-corrected chi connectivity index (χ0v) is 11.0. The van der Waals surface area contributed by atoms with Crippen molar-refractivity contribution in [3.05, 3.63) is 0 Å². The molecule has 0 bridgehead atoms. The monoisotopic (exact) mass is 199 g/mol. The molecule has 0 heterocycles. The summed E-state index contributed by atoms with van der Waals surface area (Å²) < 4.78 is 0. The Morgan fingerprint density at radius 1 is 1.00 bits per heavy atom. The van der Waals surface area contributed by atoms with Crippen molar-refractivity contribution in [2.24, 2.45) is 11.3 Å². The van der Waals surface area contributed by atoms with Crippen LogP contribution in [0.15, 0.2) is 0 Å². The van der Waals surface area contributed by atoms with Crippen molar-refractivity contribution in [3.8, 4) is 0 Å². The molecule has 0 aliphatic carbocycles. The first-order valence-electron chi connectivity index (χ1n) is 6.04. The maximum atomic E-state index is 3.47. The third kappa shape index (κ3) is 10.0. The molecule has 14 heavy (non-hydrogen) atoms. The summed E-state index contributed by atoms with van der Waals surface area (Å²) in [7, 11) is 0. The molecule has 0 amide bonds. The molecule has 0 rings (SSSR count). The van der Waals surface area contributed by atoms with Crippen LogP contribution in [0, 0.1) is 11.3 Å². The fourth-order valence-electron chi connectivity index (χ4n) is 1.44. The van der Waals surface area contributed by atoms with Crippen LogP contribution in [-0.2, 0) is 0 Å². The standard InChI is InChI=1S/C13H29N/c1-11(2)14-10-8-12(3)7-9-13(4,5)6/h11-12,14H,7-10H2,1-6H3. The van der Waals surface area contributed by atoms with E-state index in [-0.39, 0.29) is 0 Å². The molecule has 0 aromatic heterocycles. The van der Waals surface area contributed by atoms with E-state index in [1.165, 1.54) is 25.8 Å². The predicted molar refractivity (Wildman–Crippen MR) is 65.6 cm³/mol. The summed E-state index contributed by atoms with van der Waals surface area (Å²) in [4.78, 5) is 0. The average molecular weight is 199 g/mol. The molecule has 86 valence electrons. The third-order valence-corrected chi connectivity index (χ3v) is 2.58. The maximum Gasteiger partial charge on any atom is 0.00103 e. The summed E-state index contributed by atoms with van der Waals surface area (Å²) in [6, 6.07) is 0.629. The summed E-state index contributed by atoms with van der Waals surface area (Å²) in [5.74, 6) is 0.862. The summed E-state index contributed by atoms with van der Waals surface area (Å²) in [5, 5.41) is 3.47. The van der Waals surface area contributed by atoms with Gasteiger partial charge in [0.1, 0.15) is 0 Å². The molecule has 0 saturated carbocycles. The summed E-state index contributed by atoms with van der Waals surface area (Å²) >= 11 is 0. The Hall–Kier alpha value is -0.0400. The van der Waals surface area contributed by atoms with Gasteiger partial charge in [-0.15, -0.1) is 0 Å². The lowest BCUT2D eigenvalue weighted by Crippen LogP contribution is -2.25. The van der Waals surface area contributed by atoms with Crippen molar-refractivity contribution in [2.75, 3.05) is 6.54 Å². The van der Waals surface area contributed by atoms with Crippen LogP contribution >= 0.6 is 0 Å². The van der Waals surface area contributed by atoms with Crippen molar-refractivity contribution < 1.29 is 0 Å². The van der Waals surface area contributed by atoms with E-state index < -0.39 is 0 Å². The second kappa shape index (κ2) is 6.44. The Morgan fingerprint density at radius 3 is 2.00 bits per heavy atom. The quantitative estimate of drug-likeness (QED) is 0.685. The molecule has 0 aromatic carbocycles. The van der Waals surface area contributed by atoms with E-state index in [2.05, 4.69) is 46.9 Å². The van der Waals surface area contributed by atoms with E-state index in [4.69, 9.17) is 0 Å². The van der Waals surface area contributed by atoms with Crippen LogP contribution < -0.4 is 5.32 Å². The molecule has 0 fully saturated rings. The first-order chi connectivity index (χ1) is 6.31. The molecule has 1 nitrogen and oxygen atoms in total. The van der Waals surface area contributed by atoms with E-state index in [0.29, 0.717) is 11.5 Å². The van der Waals surface area contributed by atoms with Crippen molar-refractivity contribution in [1.29, 1.82) is 0 Å². The molecule has 0 spiro atoms. The van der Waals surface area contributed by atoms with Crippen molar-refractivity contribution in [1.82, 2.24) is 5.32 Å². The van der Waals surface area contributed by atoms with Crippen molar-refractivity contribution in [3.63, 3.8) is 0 Å². The van der Waals surface area contributed by atoms with Gasteiger partial charge < -0.3 is 5.32 Å².